The maximum atomic E-state index is 12.3. The van der Waals surface area contributed by atoms with Crippen molar-refractivity contribution < 1.29 is 32.2 Å². The number of benzene rings is 2. The van der Waals surface area contributed by atoms with Crippen LogP contribution in [0.15, 0.2) is 48.5 Å². The van der Waals surface area contributed by atoms with Crippen molar-refractivity contribution in [3.63, 3.8) is 0 Å². The molecule has 0 spiro atoms. The van der Waals surface area contributed by atoms with Crippen molar-refractivity contribution in [3.05, 3.63) is 59.7 Å². The first kappa shape index (κ1) is 19.8. The van der Waals surface area contributed by atoms with Crippen LogP contribution < -0.4 is 14.2 Å². The summed E-state index contributed by atoms with van der Waals surface area (Å²) in [4.78, 5) is 12.3. The van der Waals surface area contributed by atoms with E-state index in [0.29, 0.717) is 29.9 Å². The van der Waals surface area contributed by atoms with Crippen LogP contribution in [0.2, 0.25) is 0 Å². The molecule has 1 aliphatic carbocycles. The summed E-state index contributed by atoms with van der Waals surface area (Å²) in [6, 6.07) is 11.1. The van der Waals surface area contributed by atoms with Crippen LogP contribution in [-0.2, 0) is 4.79 Å². The molecule has 148 valence electrons. The molecule has 7 heteroatoms. The van der Waals surface area contributed by atoms with E-state index in [1.807, 2.05) is 12.1 Å². The third-order valence-corrected chi connectivity index (χ3v) is 4.59. The maximum Gasteiger partial charge on any atom is 0.573 e. The maximum absolute atomic E-state index is 12.3. The van der Waals surface area contributed by atoms with Crippen LogP contribution in [0.25, 0.3) is 5.57 Å². The Morgan fingerprint density at radius 1 is 0.929 bits per heavy atom. The van der Waals surface area contributed by atoms with Gasteiger partial charge in [0.1, 0.15) is 5.75 Å². The molecule has 0 saturated heterocycles. The van der Waals surface area contributed by atoms with E-state index < -0.39 is 6.36 Å². The molecule has 0 aliphatic heterocycles. The molecule has 0 radical (unpaired) electrons. The molecule has 0 saturated carbocycles. The van der Waals surface area contributed by atoms with E-state index in [1.54, 1.807) is 26.4 Å². The van der Waals surface area contributed by atoms with Crippen LogP contribution in [0.3, 0.4) is 0 Å². The lowest BCUT2D eigenvalue weighted by molar-refractivity contribution is -0.274. The fourth-order valence-electron chi connectivity index (χ4n) is 3.31. The van der Waals surface area contributed by atoms with Gasteiger partial charge in [0.25, 0.3) is 0 Å². The van der Waals surface area contributed by atoms with Gasteiger partial charge in [-0.3, -0.25) is 4.79 Å². The number of hydrogen-bond donors (Lipinski definition) is 0. The zero-order chi connectivity index (χ0) is 20.3. The highest BCUT2D eigenvalue weighted by atomic mass is 19.4. The second-order valence-electron chi connectivity index (χ2n) is 6.43. The van der Waals surface area contributed by atoms with Gasteiger partial charge in [-0.15, -0.1) is 13.2 Å². The Morgan fingerprint density at radius 2 is 1.61 bits per heavy atom. The van der Waals surface area contributed by atoms with Gasteiger partial charge in [-0.25, -0.2) is 0 Å². The highest BCUT2D eigenvalue weighted by Gasteiger charge is 2.31. The van der Waals surface area contributed by atoms with E-state index in [2.05, 4.69) is 4.74 Å². The lowest BCUT2D eigenvalue weighted by Gasteiger charge is -2.23. The van der Waals surface area contributed by atoms with Gasteiger partial charge in [0.2, 0.25) is 0 Å². The normalized spacial score (nSPS) is 17.1. The van der Waals surface area contributed by atoms with E-state index in [1.165, 1.54) is 24.3 Å². The summed E-state index contributed by atoms with van der Waals surface area (Å²) in [6.07, 6.45) is -2.24. The van der Waals surface area contributed by atoms with Crippen LogP contribution in [0.4, 0.5) is 13.2 Å². The molecule has 2 aromatic carbocycles. The Labute approximate surface area is 160 Å². The quantitative estimate of drug-likeness (QED) is 0.707. The largest absolute Gasteiger partial charge is 0.573 e. The van der Waals surface area contributed by atoms with Gasteiger partial charge >= 0.3 is 6.36 Å². The van der Waals surface area contributed by atoms with Crippen molar-refractivity contribution in [1.29, 1.82) is 0 Å². The van der Waals surface area contributed by atoms with Gasteiger partial charge in [-0.1, -0.05) is 18.2 Å². The summed E-state index contributed by atoms with van der Waals surface area (Å²) in [7, 11) is 3.10. The van der Waals surface area contributed by atoms with Gasteiger partial charge in [0.15, 0.2) is 17.3 Å². The number of carbonyl (C=O) groups is 1. The highest BCUT2D eigenvalue weighted by Crippen LogP contribution is 2.39. The summed E-state index contributed by atoms with van der Waals surface area (Å²) in [6.45, 7) is 0. The second-order valence-corrected chi connectivity index (χ2v) is 6.43. The number of ether oxygens (including phenoxy) is 3. The van der Waals surface area contributed by atoms with Crippen molar-refractivity contribution >= 4 is 11.4 Å². The molecular formula is C21H19F3O4. The van der Waals surface area contributed by atoms with Crippen LogP contribution in [-0.4, -0.2) is 26.4 Å². The van der Waals surface area contributed by atoms with E-state index in [0.717, 1.165) is 11.1 Å². The molecule has 1 atom stereocenters. The molecule has 0 aromatic heterocycles. The summed E-state index contributed by atoms with van der Waals surface area (Å²) < 4.78 is 51.4. The smallest absolute Gasteiger partial charge is 0.493 e. The Hall–Kier alpha value is -2.96. The van der Waals surface area contributed by atoms with Crippen LogP contribution in [0.1, 0.15) is 29.9 Å². The minimum atomic E-state index is -4.74. The van der Waals surface area contributed by atoms with Gasteiger partial charge in [0.05, 0.1) is 14.2 Å². The van der Waals surface area contributed by atoms with Crippen molar-refractivity contribution in [2.45, 2.75) is 25.1 Å². The lowest BCUT2D eigenvalue weighted by atomic mass is 9.81. The van der Waals surface area contributed by atoms with Gasteiger partial charge in [-0.2, -0.15) is 0 Å². The Bertz CT molecular complexity index is 886. The second kappa shape index (κ2) is 7.96. The molecule has 1 unspecified atom stereocenters. The monoisotopic (exact) mass is 392 g/mol. The lowest BCUT2D eigenvalue weighted by Crippen LogP contribution is -2.17. The summed E-state index contributed by atoms with van der Waals surface area (Å²) in [5, 5.41) is 0. The first-order valence-electron chi connectivity index (χ1n) is 8.60. The van der Waals surface area contributed by atoms with Crippen LogP contribution in [0.5, 0.6) is 17.2 Å². The molecule has 0 heterocycles. The molecule has 0 bridgehead atoms. The zero-order valence-electron chi connectivity index (χ0n) is 15.4. The number of rotatable bonds is 5. The van der Waals surface area contributed by atoms with Crippen LogP contribution in [0, 0.1) is 0 Å². The van der Waals surface area contributed by atoms with Crippen molar-refractivity contribution in [1.82, 2.24) is 0 Å². The summed E-state index contributed by atoms with van der Waals surface area (Å²) >= 11 is 0. The Kier molecular flexibility index (Phi) is 5.63. The number of ketones is 1. The molecule has 2 aromatic rings. The van der Waals surface area contributed by atoms with E-state index >= 15 is 0 Å². The highest BCUT2D eigenvalue weighted by molar-refractivity contribution is 5.99. The molecular weight excluding hydrogens is 373 g/mol. The number of carbonyl (C=O) groups excluding carboxylic acids is 1. The minimum absolute atomic E-state index is 0.0309. The predicted octanol–water partition coefficient (Wildman–Crippen LogP) is 5.13. The van der Waals surface area contributed by atoms with E-state index in [4.69, 9.17) is 9.47 Å². The summed E-state index contributed by atoms with van der Waals surface area (Å²) in [5.41, 5.74) is 2.40. The van der Waals surface area contributed by atoms with Gasteiger partial charge in [-0.05, 0) is 59.4 Å². The molecule has 3 rings (SSSR count). The average molecular weight is 392 g/mol. The standard InChI is InChI=1S/C21H19F3O4/c1-26-19-8-5-14(12-20(19)27-2)16-9-15(10-17(25)11-16)13-3-6-18(7-4-13)28-21(22,23)24/h3-8,10,12,16H,9,11H2,1-2H3. The third-order valence-electron chi connectivity index (χ3n) is 4.59. The van der Waals surface area contributed by atoms with Gasteiger partial charge in [0, 0.05) is 6.42 Å². The number of allylic oxidation sites excluding steroid dienone is 2. The summed E-state index contributed by atoms with van der Waals surface area (Å²) in [5.74, 6) is 0.798. The van der Waals surface area contributed by atoms with E-state index in [9.17, 15) is 18.0 Å². The zero-order valence-corrected chi connectivity index (χ0v) is 15.4. The van der Waals surface area contributed by atoms with Crippen LogP contribution >= 0.6 is 0 Å². The van der Waals surface area contributed by atoms with E-state index in [-0.39, 0.29) is 17.5 Å². The van der Waals surface area contributed by atoms with Crippen molar-refractivity contribution in [2.24, 2.45) is 0 Å². The third kappa shape index (κ3) is 4.65. The minimum Gasteiger partial charge on any atom is -0.493 e. The SMILES string of the molecule is COc1ccc(C2CC(=O)C=C(c3ccc(OC(F)(F)F)cc3)C2)cc1OC. The number of methoxy groups -OCH3 is 2. The molecule has 1 aliphatic rings. The number of alkyl halides is 3. The van der Waals surface area contributed by atoms with Crippen molar-refractivity contribution in [3.8, 4) is 17.2 Å². The fraction of sp³-hybridized carbons (Fsp3) is 0.286. The molecule has 0 amide bonds. The first-order valence-corrected chi connectivity index (χ1v) is 8.60. The Morgan fingerprint density at radius 3 is 2.21 bits per heavy atom. The fourth-order valence-corrected chi connectivity index (χ4v) is 3.31. The first-order chi connectivity index (χ1) is 13.3. The molecule has 0 N–H and O–H groups in total. The average Bonchev–Trinajstić information content (AvgIpc) is 2.66. The molecule has 28 heavy (non-hydrogen) atoms. The molecule has 4 nitrogen and oxygen atoms in total. The predicted molar refractivity (Wildman–Crippen MR) is 97.6 cm³/mol. The van der Waals surface area contributed by atoms with Gasteiger partial charge < -0.3 is 14.2 Å². The topological polar surface area (TPSA) is 44.8 Å². The number of halogens is 3. The van der Waals surface area contributed by atoms with Crippen molar-refractivity contribution in [2.75, 3.05) is 14.2 Å². The number of hydrogen-bond acceptors (Lipinski definition) is 4. The Balaban J connectivity index is 1.82. The molecule has 0 fully saturated rings.